The minimum absolute atomic E-state index is 0.130. The van der Waals surface area contributed by atoms with Gasteiger partial charge in [0.25, 0.3) is 5.91 Å². The second-order valence-corrected chi connectivity index (χ2v) is 7.40. The van der Waals surface area contributed by atoms with E-state index in [1.807, 2.05) is 0 Å². The summed E-state index contributed by atoms with van der Waals surface area (Å²) in [4.78, 5) is 41.6. The van der Waals surface area contributed by atoms with Gasteiger partial charge in [-0.15, -0.1) is 0 Å². The molecule has 2 bridgehead atoms. The molecule has 0 saturated carbocycles. The number of piperazine rings is 1. The predicted molar refractivity (Wildman–Crippen MR) is 90.5 cm³/mol. The number of halogens is 3. The molecule has 1 aromatic carbocycles. The van der Waals surface area contributed by atoms with Gasteiger partial charge in [-0.1, -0.05) is 6.07 Å². The molecule has 0 spiro atoms. The number of anilines is 1. The number of rotatable bonds is 2. The first-order valence-corrected chi connectivity index (χ1v) is 8.90. The van der Waals surface area contributed by atoms with Crippen molar-refractivity contribution in [1.82, 2.24) is 9.80 Å². The molecule has 1 unspecified atom stereocenters. The number of benzene rings is 1. The fourth-order valence-electron chi connectivity index (χ4n) is 4.20. The molecule has 3 heterocycles. The highest BCUT2D eigenvalue weighted by Crippen LogP contribution is 2.43. The number of fused-ring (bicyclic) bond motifs is 5. The molecular formula is C18H18F3N3O4. The Kier molecular flexibility index (Phi) is 4.06. The Bertz CT molecular complexity index is 857. The summed E-state index contributed by atoms with van der Waals surface area (Å²) in [7, 11) is 0. The number of likely N-dealkylation sites (tertiary alicyclic amines) is 1. The third-order valence-corrected chi connectivity index (χ3v) is 5.27. The van der Waals surface area contributed by atoms with Crippen LogP contribution in [0.2, 0.25) is 0 Å². The van der Waals surface area contributed by atoms with Gasteiger partial charge in [0.2, 0.25) is 0 Å². The Balaban J connectivity index is 1.62. The van der Waals surface area contributed by atoms with Crippen LogP contribution in [0, 0.1) is 0 Å². The molecule has 4 rings (SSSR count). The van der Waals surface area contributed by atoms with Gasteiger partial charge in [-0.25, -0.2) is 14.5 Å². The average Bonchev–Trinajstić information content (AvgIpc) is 3.25. The van der Waals surface area contributed by atoms with Gasteiger partial charge in [-0.3, -0.25) is 4.79 Å². The Morgan fingerprint density at radius 1 is 1.25 bits per heavy atom. The maximum absolute atomic E-state index is 13.0. The number of nitrogens with zero attached hydrogens (tertiary/aromatic N) is 3. The molecule has 3 saturated heterocycles. The normalized spacial score (nSPS) is 26.5. The fraction of sp³-hybridized carbons (Fsp3) is 0.500. The molecule has 3 atom stereocenters. The standard InChI is InChI=1S/C18H18F3N3O4/c1-9(2)28-17(27)22-8-12-7-13(22)14-15(25)24(16(26)23(12)14)11-5-3-4-10(6-11)18(19,20)21/h3-6,9,12-14H,7-8H2,1-2H3/t12?,13-,14-/m1/s1. The van der Waals surface area contributed by atoms with Crippen LogP contribution in [0.3, 0.4) is 0 Å². The number of carbonyl (C=O) groups is 3. The number of ether oxygens (including phenoxy) is 1. The highest BCUT2D eigenvalue weighted by Gasteiger charge is 2.63. The quantitative estimate of drug-likeness (QED) is 0.720. The lowest BCUT2D eigenvalue weighted by molar-refractivity contribution is -0.137. The van der Waals surface area contributed by atoms with Crippen molar-refractivity contribution in [3.63, 3.8) is 0 Å². The molecule has 3 aliphatic rings. The van der Waals surface area contributed by atoms with Crippen LogP contribution in [0.25, 0.3) is 0 Å². The summed E-state index contributed by atoms with van der Waals surface area (Å²) >= 11 is 0. The van der Waals surface area contributed by atoms with Gasteiger partial charge in [-0.05, 0) is 38.5 Å². The van der Waals surface area contributed by atoms with Gasteiger partial charge >= 0.3 is 18.3 Å². The van der Waals surface area contributed by atoms with Gasteiger partial charge in [0.05, 0.1) is 29.4 Å². The molecule has 0 aromatic heterocycles. The summed E-state index contributed by atoms with van der Waals surface area (Å²) in [6, 6.07) is 1.65. The minimum atomic E-state index is -4.59. The third-order valence-electron chi connectivity index (χ3n) is 5.27. The van der Waals surface area contributed by atoms with Crippen molar-refractivity contribution in [2.75, 3.05) is 11.4 Å². The molecule has 3 aliphatic heterocycles. The molecule has 0 aliphatic carbocycles. The van der Waals surface area contributed by atoms with Gasteiger partial charge in [0.15, 0.2) is 0 Å². The van der Waals surface area contributed by atoms with Crippen molar-refractivity contribution in [3.8, 4) is 0 Å². The predicted octanol–water partition coefficient (Wildman–Crippen LogP) is 2.84. The first-order valence-electron chi connectivity index (χ1n) is 8.90. The largest absolute Gasteiger partial charge is 0.447 e. The Morgan fingerprint density at radius 3 is 2.61 bits per heavy atom. The molecule has 28 heavy (non-hydrogen) atoms. The second kappa shape index (κ2) is 6.11. The second-order valence-electron chi connectivity index (χ2n) is 7.40. The molecule has 10 heteroatoms. The maximum atomic E-state index is 13.0. The number of imide groups is 1. The highest BCUT2D eigenvalue weighted by molar-refractivity contribution is 6.22. The van der Waals surface area contributed by atoms with Crippen LogP contribution in [-0.2, 0) is 15.7 Å². The smallest absolute Gasteiger partial charge is 0.416 e. The van der Waals surface area contributed by atoms with E-state index >= 15 is 0 Å². The Labute approximate surface area is 158 Å². The van der Waals surface area contributed by atoms with E-state index in [-0.39, 0.29) is 24.4 Å². The lowest BCUT2D eigenvalue weighted by atomic mass is 10.1. The number of amides is 4. The number of hydrogen-bond acceptors (Lipinski definition) is 4. The van der Waals surface area contributed by atoms with E-state index in [1.54, 1.807) is 13.8 Å². The van der Waals surface area contributed by atoms with E-state index < -0.39 is 41.9 Å². The van der Waals surface area contributed by atoms with Crippen molar-refractivity contribution < 1.29 is 32.3 Å². The molecule has 4 amide bonds. The molecule has 0 N–H and O–H groups in total. The number of alkyl halides is 3. The summed E-state index contributed by atoms with van der Waals surface area (Å²) in [5.74, 6) is -0.626. The van der Waals surface area contributed by atoms with Crippen LogP contribution in [0.4, 0.5) is 28.4 Å². The van der Waals surface area contributed by atoms with Crippen LogP contribution in [0.15, 0.2) is 24.3 Å². The molecule has 3 fully saturated rings. The van der Waals surface area contributed by atoms with E-state index in [9.17, 15) is 27.6 Å². The maximum Gasteiger partial charge on any atom is 0.416 e. The van der Waals surface area contributed by atoms with Gasteiger partial charge in [0, 0.05) is 6.54 Å². The van der Waals surface area contributed by atoms with Crippen molar-refractivity contribution in [2.24, 2.45) is 0 Å². The lowest BCUT2D eigenvalue weighted by Crippen LogP contribution is -2.55. The Morgan fingerprint density at radius 2 is 1.96 bits per heavy atom. The van der Waals surface area contributed by atoms with E-state index in [0.717, 1.165) is 23.1 Å². The van der Waals surface area contributed by atoms with Crippen molar-refractivity contribution in [3.05, 3.63) is 29.8 Å². The summed E-state index contributed by atoms with van der Waals surface area (Å²) in [6.45, 7) is 3.65. The summed E-state index contributed by atoms with van der Waals surface area (Å²) < 4.78 is 44.2. The summed E-state index contributed by atoms with van der Waals surface area (Å²) in [5, 5.41) is 0. The van der Waals surface area contributed by atoms with Gasteiger partial charge in [-0.2, -0.15) is 13.2 Å². The van der Waals surface area contributed by atoms with Crippen molar-refractivity contribution in [2.45, 2.75) is 50.7 Å². The first kappa shape index (κ1) is 18.6. The molecule has 7 nitrogen and oxygen atoms in total. The molecule has 150 valence electrons. The van der Waals surface area contributed by atoms with Crippen LogP contribution < -0.4 is 4.90 Å². The van der Waals surface area contributed by atoms with Gasteiger partial charge < -0.3 is 14.5 Å². The number of hydrogen-bond donors (Lipinski definition) is 0. The van der Waals surface area contributed by atoms with E-state index in [4.69, 9.17) is 4.74 Å². The van der Waals surface area contributed by atoms with Gasteiger partial charge in [0.1, 0.15) is 6.04 Å². The van der Waals surface area contributed by atoms with Crippen LogP contribution >= 0.6 is 0 Å². The average molecular weight is 397 g/mol. The SMILES string of the molecule is CC(C)OC(=O)N1CC2C[C@@H]1[C@@H]1C(=O)N(c3cccc(C(F)(F)F)c3)C(=O)N21. The molecule has 0 radical (unpaired) electrons. The highest BCUT2D eigenvalue weighted by atomic mass is 19.4. The minimum Gasteiger partial charge on any atom is -0.447 e. The number of carbonyl (C=O) groups excluding carboxylic acids is 3. The molecule has 1 aromatic rings. The molecular weight excluding hydrogens is 379 g/mol. The van der Waals surface area contributed by atoms with Crippen LogP contribution in [0.1, 0.15) is 25.8 Å². The van der Waals surface area contributed by atoms with E-state index in [0.29, 0.717) is 6.42 Å². The van der Waals surface area contributed by atoms with Crippen molar-refractivity contribution >= 4 is 23.7 Å². The third kappa shape index (κ3) is 2.70. The summed E-state index contributed by atoms with van der Waals surface area (Å²) in [5.41, 5.74) is -1.07. The van der Waals surface area contributed by atoms with Crippen LogP contribution in [0.5, 0.6) is 0 Å². The zero-order chi connectivity index (χ0) is 20.4. The fourth-order valence-corrected chi connectivity index (χ4v) is 4.20. The van der Waals surface area contributed by atoms with E-state index in [1.165, 1.54) is 15.9 Å². The van der Waals surface area contributed by atoms with Crippen LogP contribution in [-0.4, -0.2) is 58.6 Å². The lowest BCUT2D eigenvalue weighted by Gasteiger charge is -2.34. The topological polar surface area (TPSA) is 70.2 Å². The zero-order valence-corrected chi connectivity index (χ0v) is 15.1. The van der Waals surface area contributed by atoms with E-state index in [2.05, 4.69) is 0 Å². The number of urea groups is 1. The first-order chi connectivity index (χ1) is 13.1. The van der Waals surface area contributed by atoms with Crippen molar-refractivity contribution in [1.29, 1.82) is 0 Å². The summed E-state index contributed by atoms with van der Waals surface area (Å²) in [6.07, 6.45) is -5.02. The zero-order valence-electron chi connectivity index (χ0n) is 15.1. The Hall–Kier alpha value is -2.78. The monoisotopic (exact) mass is 397 g/mol.